The van der Waals surface area contributed by atoms with E-state index in [1.165, 1.54) is 6.08 Å². The summed E-state index contributed by atoms with van der Waals surface area (Å²) in [5.41, 5.74) is 1.01. The number of nitrogens with one attached hydrogen (secondary N) is 1. The zero-order valence-electron chi connectivity index (χ0n) is 13.0. The van der Waals surface area contributed by atoms with Crippen LogP contribution in [0.1, 0.15) is 31.2 Å². The molecule has 1 aromatic rings. The first-order chi connectivity index (χ1) is 11.1. The van der Waals surface area contributed by atoms with Crippen LogP contribution in [-0.4, -0.2) is 29.9 Å². The Labute approximate surface area is 141 Å². The van der Waals surface area contributed by atoms with Crippen molar-refractivity contribution in [1.29, 1.82) is 0 Å². The third-order valence-corrected chi connectivity index (χ3v) is 3.38. The standard InChI is InChI=1S/C18H22ClNO3/c19-16-11-9-15(10-12-16)6-3-4-8-18(23)20-13-5-1-2-7-17(22)14-21/h3-4,6,8-12,21H,1-2,5,7,13-14H2,(H,20,23)/b6-3+,8-4+. The first-order valence-corrected chi connectivity index (χ1v) is 8.00. The lowest BCUT2D eigenvalue weighted by Crippen LogP contribution is -2.22. The van der Waals surface area contributed by atoms with E-state index in [4.69, 9.17) is 16.7 Å². The van der Waals surface area contributed by atoms with Crippen molar-refractivity contribution in [3.05, 3.63) is 53.1 Å². The molecule has 0 fully saturated rings. The van der Waals surface area contributed by atoms with Crippen molar-refractivity contribution in [2.75, 3.05) is 13.2 Å². The highest BCUT2D eigenvalue weighted by Crippen LogP contribution is 2.10. The van der Waals surface area contributed by atoms with Crippen molar-refractivity contribution >= 4 is 29.4 Å². The van der Waals surface area contributed by atoms with E-state index in [1.807, 2.05) is 30.3 Å². The zero-order chi connectivity index (χ0) is 16.9. The van der Waals surface area contributed by atoms with Crippen LogP contribution in [-0.2, 0) is 9.59 Å². The molecular formula is C18H22ClNO3. The first-order valence-electron chi connectivity index (χ1n) is 7.62. The van der Waals surface area contributed by atoms with Crippen LogP contribution in [0.25, 0.3) is 6.08 Å². The predicted octanol–water partition coefficient (Wildman–Crippen LogP) is 3.15. The van der Waals surface area contributed by atoms with Gasteiger partial charge in [0.15, 0.2) is 5.78 Å². The van der Waals surface area contributed by atoms with Crippen molar-refractivity contribution in [2.24, 2.45) is 0 Å². The number of hydrogen-bond donors (Lipinski definition) is 2. The van der Waals surface area contributed by atoms with E-state index in [1.54, 1.807) is 12.2 Å². The quantitative estimate of drug-likeness (QED) is 0.392. The number of amides is 1. The number of aliphatic hydroxyl groups excluding tert-OH is 1. The third-order valence-electron chi connectivity index (χ3n) is 3.13. The number of allylic oxidation sites excluding steroid dienone is 2. The number of Topliss-reactive ketones (excluding diaryl/α,β-unsaturated/α-hetero) is 1. The minimum Gasteiger partial charge on any atom is -0.389 e. The third kappa shape index (κ3) is 9.66. The normalized spacial score (nSPS) is 11.2. The van der Waals surface area contributed by atoms with Crippen LogP contribution in [0.5, 0.6) is 0 Å². The summed E-state index contributed by atoms with van der Waals surface area (Å²) >= 11 is 5.80. The van der Waals surface area contributed by atoms with Crippen molar-refractivity contribution in [2.45, 2.75) is 25.7 Å². The molecule has 0 atom stereocenters. The van der Waals surface area contributed by atoms with Gasteiger partial charge >= 0.3 is 0 Å². The van der Waals surface area contributed by atoms with Crippen LogP contribution in [0.2, 0.25) is 5.02 Å². The van der Waals surface area contributed by atoms with Crippen molar-refractivity contribution in [3.8, 4) is 0 Å². The van der Waals surface area contributed by atoms with Gasteiger partial charge < -0.3 is 10.4 Å². The summed E-state index contributed by atoms with van der Waals surface area (Å²) in [5, 5.41) is 12.0. The Morgan fingerprint density at radius 1 is 1.09 bits per heavy atom. The topological polar surface area (TPSA) is 66.4 Å². The highest BCUT2D eigenvalue weighted by Gasteiger charge is 1.99. The Hall–Kier alpha value is -1.91. The average Bonchev–Trinajstić information content (AvgIpc) is 2.56. The summed E-state index contributed by atoms with van der Waals surface area (Å²) in [7, 11) is 0. The molecule has 1 rings (SSSR count). The van der Waals surface area contributed by atoms with Gasteiger partial charge in [0, 0.05) is 24.1 Å². The molecule has 0 spiro atoms. The predicted molar refractivity (Wildman–Crippen MR) is 93.2 cm³/mol. The first kappa shape index (κ1) is 19.1. The van der Waals surface area contributed by atoms with Gasteiger partial charge in [-0.05, 0) is 30.5 Å². The second-order valence-corrected chi connectivity index (χ2v) is 5.50. The highest BCUT2D eigenvalue weighted by atomic mass is 35.5. The van der Waals surface area contributed by atoms with Crippen LogP contribution in [0, 0.1) is 0 Å². The summed E-state index contributed by atoms with van der Waals surface area (Å²) in [4.78, 5) is 22.4. The molecule has 23 heavy (non-hydrogen) atoms. The van der Waals surface area contributed by atoms with Gasteiger partial charge in [0.25, 0.3) is 0 Å². The molecule has 0 saturated heterocycles. The molecule has 1 amide bonds. The van der Waals surface area contributed by atoms with E-state index in [9.17, 15) is 9.59 Å². The number of rotatable bonds is 10. The smallest absolute Gasteiger partial charge is 0.243 e. The Kier molecular flexibility index (Phi) is 9.68. The molecule has 0 aromatic heterocycles. The van der Waals surface area contributed by atoms with E-state index < -0.39 is 0 Å². The van der Waals surface area contributed by atoms with Gasteiger partial charge in [0.2, 0.25) is 5.91 Å². The van der Waals surface area contributed by atoms with Crippen LogP contribution >= 0.6 is 11.6 Å². The molecule has 0 aliphatic carbocycles. The van der Waals surface area contributed by atoms with Crippen molar-refractivity contribution in [3.63, 3.8) is 0 Å². The van der Waals surface area contributed by atoms with E-state index in [0.717, 1.165) is 24.8 Å². The number of carbonyl (C=O) groups is 2. The lowest BCUT2D eigenvalue weighted by atomic mass is 10.1. The molecule has 4 nitrogen and oxygen atoms in total. The summed E-state index contributed by atoms with van der Waals surface area (Å²) in [6, 6.07) is 7.42. The molecule has 5 heteroatoms. The number of carbonyl (C=O) groups excluding carboxylic acids is 2. The fraction of sp³-hybridized carbons (Fsp3) is 0.333. The molecule has 1 aromatic carbocycles. The van der Waals surface area contributed by atoms with Crippen molar-refractivity contribution in [1.82, 2.24) is 5.32 Å². The molecule has 0 aliphatic heterocycles. The van der Waals surface area contributed by atoms with Gasteiger partial charge in [-0.15, -0.1) is 0 Å². The SMILES string of the molecule is O=C(CO)CCCCCNC(=O)/C=C/C=C/c1ccc(Cl)cc1. The number of aliphatic hydroxyl groups is 1. The fourth-order valence-corrected chi connectivity index (χ4v) is 1.98. The largest absolute Gasteiger partial charge is 0.389 e. The second kappa shape index (κ2) is 11.6. The lowest BCUT2D eigenvalue weighted by Gasteiger charge is -2.01. The molecule has 0 saturated carbocycles. The van der Waals surface area contributed by atoms with Gasteiger partial charge in [0.1, 0.15) is 6.61 Å². The summed E-state index contributed by atoms with van der Waals surface area (Å²) in [5.74, 6) is -0.276. The molecule has 2 N–H and O–H groups in total. The Bertz CT molecular complexity index is 550. The van der Waals surface area contributed by atoms with Crippen LogP contribution in [0.3, 0.4) is 0 Å². The molecule has 0 heterocycles. The van der Waals surface area contributed by atoms with E-state index in [2.05, 4.69) is 5.32 Å². The van der Waals surface area contributed by atoms with E-state index >= 15 is 0 Å². The zero-order valence-corrected chi connectivity index (χ0v) is 13.8. The molecule has 0 radical (unpaired) electrons. The average molecular weight is 336 g/mol. The van der Waals surface area contributed by atoms with Gasteiger partial charge in [-0.3, -0.25) is 9.59 Å². The Morgan fingerprint density at radius 3 is 2.52 bits per heavy atom. The van der Waals surface area contributed by atoms with Gasteiger partial charge in [-0.2, -0.15) is 0 Å². The summed E-state index contributed by atoms with van der Waals surface area (Å²) in [6.45, 7) is 0.197. The van der Waals surface area contributed by atoms with Crippen LogP contribution < -0.4 is 5.32 Å². The number of ketones is 1. The number of benzene rings is 1. The Balaban J connectivity index is 2.13. The van der Waals surface area contributed by atoms with E-state index in [0.29, 0.717) is 18.0 Å². The molecule has 0 aliphatic rings. The fourth-order valence-electron chi connectivity index (χ4n) is 1.86. The second-order valence-electron chi connectivity index (χ2n) is 5.07. The monoisotopic (exact) mass is 335 g/mol. The summed E-state index contributed by atoms with van der Waals surface area (Å²) < 4.78 is 0. The van der Waals surface area contributed by atoms with Crippen LogP contribution in [0.15, 0.2) is 42.5 Å². The minimum absolute atomic E-state index is 0.135. The highest BCUT2D eigenvalue weighted by molar-refractivity contribution is 6.30. The van der Waals surface area contributed by atoms with Crippen molar-refractivity contribution < 1.29 is 14.7 Å². The maximum atomic E-state index is 11.5. The maximum Gasteiger partial charge on any atom is 0.243 e. The molecule has 0 bridgehead atoms. The molecular weight excluding hydrogens is 314 g/mol. The molecule has 124 valence electrons. The van der Waals surface area contributed by atoms with Gasteiger partial charge in [0.05, 0.1) is 0 Å². The summed E-state index contributed by atoms with van der Waals surface area (Å²) in [6.07, 6.45) is 9.66. The Morgan fingerprint density at radius 2 is 1.83 bits per heavy atom. The van der Waals surface area contributed by atoms with E-state index in [-0.39, 0.29) is 18.3 Å². The number of unbranched alkanes of at least 4 members (excludes halogenated alkanes) is 2. The minimum atomic E-state index is -0.384. The van der Waals surface area contributed by atoms with Crippen LogP contribution in [0.4, 0.5) is 0 Å². The maximum absolute atomic E-state index is 11.5. The lowest BCUT2D eigenvalue weighted by molar-refractivity contribution is -0.122. The molecule has 0 unspecified atom stereocenters. The van der Waals surface area contributed by atoms with Gasteiger partial charge in [-0.25, -0.2) is 0 Å². The number of halogens is 1. The number of hydrogen-bond acceptors (Lipinski definition) is 3. The van der Waals surface area contributed by atoms with Gasteiger partial charge in [-0.1, -0.05) is 48.4 Å².